The zero-order valence-electron chi connectivity index (χ0n) is 13.4. The zero-order chi connectivity index (χ0) is 15.6. The van der Waals surface area contributed by atoms with Gasteiger partial charge in [-0.2, -0.15) is 0 Å². The van der Waals surface area contributed by atoms with Gasteiger partial charge in [-0.25, -0.2) is 0 Å². The molecule has 22 heavy (non-hydrogen) atoms. The highest BCUT2D eigenvalue weighted by molar-refractivity contribution is 5.85. The van der Waals surface area contributed by atoms with Crippen LogP contribution in [0.2, 0.25) is 0 Å². The number of aliphatic imine (C=N–C) groups is 1. The van der Waals surface area contributed by atoms with E-state index in [4.69, 9.17) is 4.74 Å². The standard InChI is InChI=1S/C18H25N3O/c1-19-18(20-12-6-14-22-2)21-13-11-16-9-5-8-15-7-3-4-10-17(15)16/h3-5,7-10H,6,11-14H2,1-2H3,(H2,19,20,21). The summed E-state index contributed by atoms with van der Waals surface area (Å²) in [5.74, 6) is 0.844. The van der Waals surface area contributed by atoms with Crippen LogP contribution in [0.15, 0.2) is 47.5 Å². The summed E-state index contributed by atoms with van der Waals surface area (Å²) in [6, 6.07) is 15.0. The lowest BCUT2D eigenvalue weighted by Gasteiger charge is -2.12. The Morgan fingerprint density at radius 2 is 1.82 bits per heavy atom. The third kappa shape index (κ3) is 4.74. The normalized spacial score (nSPS) is 11.6. The molecule has 4 nitrogen and oxygen atoms in total. The average molecular weight is 299 g/mol. The second-order valence-corrected chi connectivity index (χ2v) is 5.16. The van der Waals surface area contributed by atoms with Gasteiger partial charge in [0, 0.05) is 33.9 Å². The van der Waals surface area contributed by atoms with Gasteiger partial charge in [-0.1, -0.05) is 42.5 Å². The second kappa shape index (κ2) is 9.05. The van der Waals surface area contributed by atoms with Crippen molar-refractivity contribution in [1.29, 1.82) is 0 Å². The molecule has 4 heteroatoms. The Labute approximate surface area is 132 Å². The Hall–Kier alpha value is -2.07. The molecule has 0 unspecified atom stereocenters. The van der Waals surface area contributed by atoms with Crippen molar-refractivity contribution in [3.8, 4) is 0 Å². The maximum absolute atomic E-state index is 5.04. The Kier molecular flexibility index (Phi) is 6.71. The molecule has 118 valence electrons. The van der Waals surface area contributed by atoms with Gasteiger partial charge in [0.1, 0.15) is 0 Å². The first-order valence-corrected chi connectivity index (χ1v) is 7.75. The minimum atomic E-state index is 0.764. The van der Waals surface area contributed by atoms with E-state index in [2.05, 4.69) is 58.1 Å². The Morgan fingerprint density at radius 1 is 1.05 bits per heavy atom. The van der Waals surface area contributed by atoms with Crippen molar-refractivity contribution in [2.24, 2.45) is 4.99 Å². The van der Waals surface area contributed by atoms with Crippen molar-refractivity contribution in [3.63, 3.8) is 0 Å². The van der Waals surface area contributed by atoms with Gasteiger partial charge in [0.25, 0.3) is 0 Å². The molecule has 0 radical (unpaired) electrons. The van der Waals surface area contributed by atoms with E-state index >= 15 is 0 Å². The van der Waals surface area contributed by atoms with Crippen LogP contribution >= 0.6 is 0 Å². The van der Waals surface area contributed by atoms with Crippen molar-refractivity contribution in [1.82, 2.24) is 10.6 Å². The average Bonchev–Trinajstić information content (AvgIpc) is 2.57. The number of nitrogens with zero attached hydrogens (tertiary/aromatic N) is 1. The second-order valence-electron chi connectivity index (χ2n) is 5.16. The van der Waals surface area contributed by atoms with E-state index in [1.165, 1.54) is 16.3 Å². The third-order valence-electron chi connectivity index (χ3n) is 3.61. The summed E-state index contributed by atoms with van der Waals surface area (Å²) in [4.78, 5) is 4.23. The van der Waals surface area contributed by atoms with Crippen LogP contribution in [0.25, 0.3) is 10.8 Å². The molecular formula is C18H25N3O. The summed E-state index contributed by atoms with van der Waals surface area (Å²) in [7, 11) is 3.51. The highest BCUT2D eigenvalue weighted by Crippen LogP contribution is 2.18. The first-order chi connectivity index (χ1) is 10.8. The minimum absolute atomic E-state index is 0.764. The van der Waals surface area contributed by atoms with Crippen LogP contribution in [0.1, 0.15) is 12.0 Å². The molecule has 0 amide bonds. The largest absolute Gasteiger partial charge is 0.385 e. The molecule has 0 saturated carbocycles. The van der Waals surface area contributed by atoms with Crippen LogP contribution in [0, 0.1) is 0 Å². The quantitative estimate of drug-likeness (QED) is 0.469. The molecule has 0 aliphatic carbocycles. The van der Waals surface area contributed by atoms with E-state index in [1.54, 1.807) is 14.2 Å². The van der Waals surface area contributed by atoms with Crippen molar-refractivity contribution < 1.29 is 4.74 Å². The van der Waals surface area contributed by atoms with Gasteiger partial charge >= 0.3 is 0 Å². The molecule has 0 aliphatic heterocycles. The number of ether oxygens (including phenoxy) is 1. The molecule has 0 saturated heterocycles. The van der Waals surface area contributed by atoms with Crippen LogP contribution < -0.4 is 10.6 Å². The van der Waals surface area contributed by atoms with Crippen molar-refractivity contribution in [2.75, 3.05) is 33.9 Å². The van der Waals surface area contributed by atoms with E-state index in [0.717, 1.165) is 38.5 Å². The van der Waals surface area contributed by atoms with Crippen molar-refractivity contribution in [2.45, 2.75) is 12.8 Å². The molecule has 0 spiro atoms. The van der Waals surface area contributed by atoms with E-state index in [9.17, 15) is 0 Å². The Morgan fingerprint density at radius 3 is 2.64 bits per heavy atom. The smallest absolute Gasteiger partial charge is 0.190 e. The highest BCUT2D eigenvalue weighted by Gasteiger charge is 2.01. The van der Waals surface area contributed by atoms with Crippen LogP contribution in [0.4, 0.5) is 0 Å². The molecular weight excluding hydrogens is 274 g/mol. The van der Waals surface area contributed by atoms with Gasteiger partial charge in [0.05, 0.1) is 0 Å². The molecule has 2 aromatic carbocycles. The lowest BCUT2D eigenvalue weighted by molar-refractivity contribution is 0.195. The molecule has 0 bridgehead atoms. The summed E-state index contributed by atoms with van der Waals surface area (Å²) in [5, 5.41) is 9.27. The van der Waals surface area contributed by atoms with Crippen LogP contribution in [-0.4, -0.2) is 39.8 Å². The summed E-state index contributed by atoms with van der Waals surface area (Å²) in [6.45, 7) is 2.49. The number of methoxy groups -OCH3 is 1. The summed E-state index contributed by atoms with van der Waals surface area (Å²) >= 11 is 0. The molecule has 0 atom stereocenters. The van der Waals surface area contributed by atoms with E-state index in [1.807, 2.05) is 0 Å². The Bertz CT molecular complexity index is 605. The maximum Gasteiger partial charge on any atom is 0.190 e. The van der Waals surface area contributed by atoms with Gasteiger partial charge in [-0.15, -0.1) is 0 Å². The number of fused-ring (bicyclic) bond motifs is 1. The highest BCUT2D eigenvalue weighted by atomic mass is 16.5. The fourth-order valence-electron chi connectivity index (χ4n) is 2.47. The van der Waals surface area contributed by atoms with E-state index < -0.39 is 0 Å². The lowest BCUT2D eigenvalue weighted by atomic mass is 10.0. The molecule has 0 fully saturated rings. The number of guanidine groups is 1. The number of hydrogen-bond donors (Lipinski definition) is 2. The first-order valence-electron chi connectivity index (χ1n) is 7.75. The van der Waals surface area contributed by atoms with E-state index in [0.29, 0.717) is 0 Å². The van der Waals surface area contributed by atoms with Crippen LogP contribution in [0.5, 0.6) is 0 Å². The van der Waals surface area contributed by atoms with Crippen LogP contribution in [0.3, 0.4) is 0 Å². The fraction of sp³-hybridized carbons (Fsp3) is 0.389. The lowest BCUT2D eigenvalue weighted by Crippen LogP contribution is -2.39. The minimum Gasteiger partial charge on any atom is -0.385 e. The molecule has 0 heterocycles. The topological polar surface area (TPSA) is 45.7 Å². The van der Waals surface area contributed by atoms with E-state index in [-0.39, 0.29) is 0 Å². The van der Waals surface area contributed by atoms with Gasteiger partial charge in [0.2, 0.25) is 0 Å². The predicted octanol–water partition coefficient (Wildman–Crippen LogP) is 2.58. The third-order valence-corrected chi connectivity index (χ3v) is 3.61. The number of benzene rings is 2. The Balaban J connectivity index is 1.84. The maximum atomic E-state index is 5.04. The van der Waals surface area contributed by atoms with Crippen molar-refractivity contribution in [3.05, 3.63) is 48.0 Å². The van der Waals surface area contributed by atoms with Crippen LogP contribution in [-0.2, 0) is 11.2 Å². The summed E-state index contributed by atoms with van der Waals surface area (Å²) in [6.07, 6.45) is 1.95. The number of rotatable bonds is 7. The van der Waals surface area contributed by atoms with Crippen molar-refractivity contribution >= 4 is 16.7 Å². The predicted molar refractivity (Wildman–Crippen MR) is 93.5 cm³/mol. The molecule has 2 rings (SSSR count). The SMILES string of the molecule is CN=C(NCCCOC)NCCc1cccc2ccccc12. The van der Waals surface area contributed by atoms with Gasteiger partial charge in [-0.3, -0.25) is 4.99 Å². The van der Waals surface area contributed by atoms with Gasteiger partial charge in [0.15, 0.2) is 5.96 Å². The first kappa shape index (κ1) is 16.3. The van der Waals surface area contributed by atoms with Gasteiger partial charge < -0.3 is 15.4 Å². The number of hydrogen-bond acceptors (Lipinski definition) is 2. The monoisotopic (exact) mass is 299 g/mol. The molecule has 2 N–H and O–H groups in total. The molecule has 0 aliphatic rings. The zero-order valence-corrected chi connectivity index (χ0v) is 13.4. The fourth-order valence-corrected chi connectivity index (χ4v) is 2.47. The molecule has 0 aromatic heterocycles. The molecule has 2 aromatic rings. The summed E-state index contributed by atoms with van der Waals surface area (Å²) in [5.41, 5.74) is 1.36. The van der Waals surface area contributed by atoms with Gasteiger partial charge in [-0.05, 0) is 29.2 Å². The number of nitrogens with one attached hydrogen (secondary N) is 2. The summed E-state index contributed by atoms with van der Waals surface area (Å²) < 4.78 is 5.04.